The molecule has 2 rings (SSSR count). The van der Waals surface area contributed by atoms with Gasteiger partial charge in [0.05, 0.1) is 30.6 Å². The smallest absolute Gasteiger partial charge is 0.321 e. The summed E-state index contributed by atoms with van der Waals surface area (Å²) < 4.78 is 1.58. The van der Waals surface area contributed by atoms with Crippen LogP contribution in [0.25, 0.3) is 5.82 Å². The SMILES string of the molecule is C[C@@H](CC#N)N(C)C(=O)Nc1cnn(-c2ccccn2)c1. The quantitative estimate of drug-likeness (QED) is 0.930. The van der Waals surface area contributed by atoms with Gasteiger partial charge < -0.3 is 10.2 Å². The molecule has 7 nitrogen and oxygen atoms in total. The van der Waals surface area contributed by atoms with E-state index in [0.29, 0.717) is 11.5 Å². The van der Waals surface area contributed by atoms with Crippen LogP contribution in [0, 0.1) is 11.3 Å². The van der Waals surface area contributed by atoms with Gasteiger partial charge in [-0.25, -0.2) is 14.5 Å². The van der Waals surface area contributed by atoms with Crippen molar-refractivity contribution < 1.29 is 4.79 Å². The van der Waals surface area contributed by atoms with E-state index in [0.717, 1.165) is 0 Å². The molecule has 0 aliphatic heterocycles. The number of pyridine rings is 1. The highest BCUT2D eigenvalue weighted by atomic mass is 16.2. The minimum Gasteiger partial charge on any atom is -0.324 e. The van der Waals surface area contributed by atoms with Crippen LogP contribution < -0.4 is 5.32 Å². The molecule has 0 bridgehead atoms. The number of amides is 2. The Morgan fingerprint density at radius 3 is 3.05 bits per heavy atom. The molecule has 2 amide bonds. The number of nitriles is 1. The van der Waals surface area contributed by atoms with E-state index in [1.165, 1.54) is 4.90 Å². The fraction of sp³-hybridized carbons (Fsp3) is 0.286. The predicted octanol–water partition coefficient (Wildman–Crippen LogP) is 2.03. The van der Waals surface area contributed by atoms with Crippen LogP contribution >= 0.6 is 0 Å². The van der Waals surface area contributed by atoms with E-state index >= 15 is 0 Å². The van der Waals surface area contributed by atoms with E-state index in [1.54, 1.807) is 30.3 Å². The van der Waals surface area contributed by atoms with Gasteiger partial charge in [0.2, 0.25) is 0 Å². The molecule has 2 aromatic rings. The van der Waals surface area contributed by atoms with Crippen LogP contribution in [0.2, 0.25) is 0 Å². The number of rotatable bonds is 4. The van der Waals surface area contributed by atoms with Crippen molar-refractivity contribution in [3.63, 3.8) is 0 Å². The van der Waals surface area contributed by atoms with Crippen molar-refractivity contribution in [3.05, 3.63) is 36.8 Å². The normalized spacial score (nSPS) is 11.5. The van der Waals surface area contributed by atoms with Crippen LogP contribution in [0.1, 0.15) is 13.3 Å². The molecule has 21 heavy (non-hydrogen) atoms. The number of nitrogens with one attached hydrogen (secondary N) is 1. The lowest BCUT2D eigenvalue weighted by Gasteiger charge is -2.22. The van der Waals surface area contributed by atoms with Crippen molar-refractivity contribution in [2.75, 3.05) is 12.4 Å². The first-order valence-corrected chi connectivity index (χ1v) is 6.48. The van der Waals surface area contributed by atoms with Crippen molar-refractivity contribution >= 4 is 11.7 Å². The minimum absolute atomic E-state index is 0.152. The van der Waals surface area contributed by atoms with Gasteiger partial charge in [-0.2, -0.15) is 10.4 Å². The number of hydrogen-bond acceptors (Lipinski definition) is 4. The number of carbonyl (C=O) groups excluding carboxylic acids is 1. The Morgan fingerprint density at radius 2 is 2.38 bits per heavy atom. The first-order chi connectivity index (χ1) is 10.1. The van der Waals surface area contributed by atoms with E-state index < -0.39 is 0 Å². The third-order valence-corrected chi connectivity index (χ3v) is 3.09. The van der Waals surface area contributed by atoms with Gasteiger partial charge in [0.25, 0.3) is 0 Å². The van der Waals surface area contributed by atoms with E-state index in [2.05, 4.69) is 15.4 Å². The summed E-state index contributed by atoms with van der Waals surface area (Å²) >= 11 is 0. The molecule has 0 saturated heterocycles. The van der Waals surface area contributed by atoms with Gasteiger partial charge in [-0.3, -0.25) is 0 Å². The summed E-state index contributed by atoms with van der Waals surface area (Å²) in [5, 5.41) is 15.5. The van der Waals surface area contributed by atoms with Crippen LogP contribution in [-0.4, -0.2) is 38.8 Å². The number of aromatic nitrogens is 3. The number of urea groups is 1. The van der Waals surface area contributed by atoms with E-state index in [4.69, 9.17) is 5.26 Å². The van der Waals surface area contributed by atoms with Gasteiger partial charge in [0.1, 0.15) is 0 Å². The van der Waals surface area contributed by atoms with Gasteiger partial charge in [-0.15, -0.1) is 0 Å². The third-order valence-electron chi connectivity index (χ3n) is 3.09. The largest absolute Gasteiger partial charge is 0.324 e. The van der Waals surface area contributed by atoms with Crippen LogP contribution in [-0.2, 0) is 0 Å². The highest BCUT2D eigenvalue weighted by Gasteiger charge is 2.16. The first-order valence-electron chi connectivity index (χ1n) is 6.48. The van der Waals surface area contributed by atoms with Crippen LogP contribution in [0.3, 0.4) is 0 Å². The van der Waals surface area contributed by atoms with Crippen molar-refractivity contribution in [3.8, 4) is 11.9 Å². The van der Waals surface area contributed by atoms with Crippen LogP contribution in [0.5, 0.6) is 0 Å². The maximum absolute atomic E-state index is 12.0. The second-order valence-corrected chi connectivity index (χ2v) is 4.61. The van der Waals surface area contributed by atoms with E-state index in [-0.39, 0.29) is 18.5 Å². The zero-order chi connectivity index (χ0) is 15.2. The molecule has 7 heteroatoms. The average molecular weight is 284 g/mol. The molecule has 0 aliphatic carbocycles. The van der Waals surface area contributed by atoms with Gasteiger partial charge in [0.15, 0.2) is 5.82 Å². The summed E-state index contributed by atoms with van der Waals surface area (Å²) in [6.45, 7) is 1.82. The lowest BCUT2D eigenvalue weighted by Crippen LogP contribution is -2.37. The molecule has 108 valence electrons. The van der Waals surface area contributed by atoms with Crippen molar-refractivity contribution in [2.24, 2.45) is 0 Å². The Labute approximate surface area is 122 Å². The average Bonchev–Trinajstić information content (AvgIpc) is 2.96. The Morgan fingerprint density at radius 1 is 1.57 bits per heavy atom. The maximum atomic E-state index is 12.0. The maximum Gasteiger partial charge on any atom is 0.321 e. The summed E-state index contributed by atoms with van der Waals surface area (Å²) in [6.07, 6.45) is 5.20. The molecule has 0 saturated carbocycles. The molecule has 0 fully saturated rings. The first kappa shape index (κ1) is 14.5. The summed E-state index contributed by atoms with van der Waals surface area (Å²) in [7, 11) is 1.65. The van der Waals surface area contributed by atoms with Crippen molar-refractivity contribution in [2.45, 2.75) is 19.4 Å². The predicted molar refractivity (Wildman–Crippen MR) is 77.8 cm³/mol. The molecule has 2 heterocycles. The van der Waals surface area contributed by atoms with E-state index in [1.807, 2.05) is 31.2 Å². The lowest BCUT2D eigenvalue weighted by molar-refractivity contribution is 0.208. The Balaban J connectivity index is 2.03. The highest BCUT2D eigenvalue weighted by Crippen LogP contribution is 2.11. The fourth-order valence-corrected chi connectivity index (χ4v) is 1.68. The number of nitrogens with zero attached hydrogens (tertiary/aromatic N) is 5. The lowest BCUT2D eigenvalue weighted by atomic mass is 10.2. The fourth-order valence-electron chi connectivity index (χ4n) is 1.68. The van der Waals surface area contributed by atoms with Gasteiger partial charge in [0, 0.05) is 19.3 Å². The zero-order valence-corrected chi connectivity index (χ0v) is 11.9. The minimum atomic E-state index is -0.279. The molecule has 1 atom stereocenters. The van der Waals surface area contributed by atoms with Gasteiger partial charge in [-0.05, 0) is 19.1 Å². The molecule has 0 aliphatic rings. The summed E-state index contributed by atoms with van der Waals surface area (Å²) in [4.78, 5) is 17.7. The second kappa shape index (κ2) is 6.52. The molecule has 0 radical (unpaired) electrons. The second-order valence-electron chi connectivity index (χ2n) is 4.61. The molecule has 2 aromatic heterocycles. The summed E-state index contributed by atoms with van der Waals surface area (Å²) in [5.41, 5.74) is 0.571. The molecule has 1 N–H and O–H groups in total. The molecule has 0 aromatic carbocycles. The zero-order valence-electron chi connectivity index (χ0n) is 11.9. The van der Waals surface area contributed by atoms with Crippen molar-refractivity contribution in [1.29, 1.82) is 5.26 Å². The third kappa shape index (κ3) is 3.57. The van der Waals surface area contributed by atoms with Crippen molar-refractivity contribution in [1.82, 2.24) is 19.7 Å². The molecule has 0 unspecified atom stereocenters. The Hall–Kier alpha value is -2.88. The summed E-state index contributed by atoms with van der Waals surface area (Å²) in [5.74, 6) is 0.671. The highest BCUT2D eigenvalue weighted by molar-refractivity contribution is 5.89. The van der Waals surface area contributed by atoms with Gasteiger partial charge >= 0.3 is 6.03 Å². The monoisotopic (exact) mass is 284 g/mol. The molecule has 0 spiro atoms. The van der Waals surface area contributed by atoms with Crippen LogP contribution in [0.15, 0.2) is 36.8 Å². The number of anilines is 1. The number of hydrogen-bond donors (Lipinski definition) is 1. The topological polar surface area (TPSA) is 86.8 Å². The van der Waals surface area contributed by atoms with Crippen LogP contribution in [0.4, 0.5) is 10.5 Å². The Kier molecular flexibility index (Phi) is 4.51. The number of carbonyl (C=O) groups is 1. The Bertz CT molecular complexity index is 645. The molecular formula is C14H16N6O. The van der Waals surface area contributed by atoms with Gasteiger partial charge in [-0.1, -0.05) is 6.07 Å². The summed E-state index contributed by atoms with van der Waals surface area (Å²) in [6, 6.07) is 7.12. The molecular weight excluding hydrogens is 268 g/mol. The standard InChI is InChI=1S/C14H16N6O/c1-11(6-7-15)19(2)14(21)18-12-9-17-20(10-12)13-5-3-4-8-16-13/h3-5,8-11H,6H2,1-2H3,(H,18,21)/t11-/m0/s1. The van der Waals surface area contributed by atoms with E-state index in [9.17, 15) is 4.79 Å².